The number of H-pyrrole nitrogens is 1. The highest BCUT2D eigenvalue weighted by Crippen LogP contribution is 2.36. The van der Waals surface area contributed by atoms with Gasteiger partial charge in [0, 0.05) is 24.4 Å². The summed E-state index contributed by atoms with van der Waals surface area (Å²) in [6.45, 7) is 0.587. The molecular formula is C13H23BN2O2. The molecule has 0 amide bonds. The molecule has 100 valence electrons. The predicted octanol–water partition coefficient (Wildman–Crippen LogP) is 2.22. The Kier molecular flexibility index (Phi) is 1.49. The fourth-order valence-corrected chi connectivity index (χ4v) is 1.61. The quantitative estimate of drug-likeness (QED) is 0.847. The van der Waals surface area contributed by atoms with Crippen LogP contribution in [0.15, 0.2) is 6.20 Å². The van der Waals surface area contributed by atoms with Crippen molar-refractivity contribution in [2.75, 3.05) is 0 Å². The molecule has 18 heavy (non-hydrogen) atoms. The van der Waals surface area contributed by atoms with E-state index in [4.69, 9.17) is 21.6 Å². The van der Waals surface area contributed by atoms with Crippen LogP contribution in [0.3, 0.4) is 0 Å². The third-order valence-corrected chi connectivity index (χ3v) is 3.46. The first kappa shape index (κ1) is 6.10. The lowest BCUT2D eigenvalue weighted by Crippen LogP contribution is -2.41. The molecule has 0 spiro atoms. The zero-order chi connectivity index (χ0) is 21.3. The van der Waals surface area contributed by atoms with Crippen molar-refractivity contribution in [3.05, 3.63) is 12.0 Å². The molecule has 2 heterocycles. The average molecular weight is 259 g/mol. The summed E-state index contributed by atoms with van der Waals surface area (Å²) in [5.41, 5.74) is -1.19. The van der Waals surface area contributed by atoms with E-state index in [9.17, 15) is 0 Å². The summed E-state index contributed by atoms with van der Waals surface area (Å²) in [5, 5.41) is 0. The van der Waals surface area contributed by atoms with E-state index in [1.54, 1.807) is 0 Å². The third-order valence-electron chi connectivity index (χ3n) is 3.46. The van der Waals surface area contributed by atoms with Gasteiger partial charge in [0.05, 0.1) is 16.8 Å². The van der Waals surface area contributed by atoms with Crippen molar-refractivity contribution in [2.24, 2.45) is 0 Å². The van der Waals surface area contributed by atoms with E-state index in [-0.39, 0.29) is 5.59 Å². The smallest absolute Gasteiger partial charge is 0.398 e. The van der Waals surface area contributed by atoms with Gasteiger partial charge in [-0.25, -0.2) is 4.98 Å². The maximum Gasteiger partial charge on any atom is 0.513 e. The molecule has 1 N–H and O–H groups in total. The normalized spacial score (nSPS) is 34.7. The van der Waals surface area contributed by atoms with E-state index in [0.717, 1.165) is 0 Å². The Labute approximate surface area is 122 Å². The van der Waals surface area contributed by atoms with Crippen LogP contribution in [-0.2, 0) is 9.31 Å². The van der Waals surface area contributed by atoms with E-state index in [2.05, 4.69) is 9.97 Å². The topological polar surface area (TPSA) is 47.1 Å². The fourth-order valence-electron chi connectivity index (χ4n) is 1.61. The first-order valence-corrected chi connectivity index (χ1v) is 5.69. The molecule has 1 aromatic rings. The van der Waals surface area contributed by atoms with E-state index in [1.807, 2.05) is 27.7 Å². The molecule has 0 aliphatic carbocycles. The van der Waals surface area contributed by atoms with Gasteiger partial charge in [0.15, 0.2) is 0 Å². The van der Waals surface area contributed by atoms with Gasteiger partial charge in [-0.1, -0.05) is 13.7 Å². The predicted molar refractivity (Wildman–Crippen MR) is 73.0 cm³/mol. The molecule has 5 heteroatoms. The Hall–Kier alpha value is -0.805. The van der Waals surface area contributed by atoms with Gasteiger partial charge in [-0.05, 0) is 34.1 Å². The summed E-state index contributed by atoms with van der Waals surface area (Å²) < 4.78 is 80.9. The summed E-state index contributed by atoms with van der Waals surface area (Å²) >= 11 is 0. The average Bonchev–Trinajstić information content (AvgIpc) is 2.99. The molecule has 4 nitrogen and oxygen atoms in total. The summed E-state index contributed by atoms with van der Waals surface area (Å²) in [7, 11) is -0.948. The second kappa shape index (κ2) is 4.39. The monoisotopic (exact) mass is 259 g/mol. The van der Waals surface area contributed by atoms with Crippen LogP contribution >= 0.6 is 0 Å². The van der Waals surface area contributed by atoms with Gasteiger partial charge in [0.2, 0.25) is 0 Å². The van der Waals surface area contributed by atoms with Crippen LogP contribution in [-0.4, -0.2) is 28.3 Å². The van der Waals surface area contributed by atoms with Crippen molar-refractivity contribution in [3.8, 4) is 0 Å². The Bertz CT molecular complexity index is 697. The van der Waals surface area contributed by atoms with Crippen LogP contribution in [0.25, 0.3) is 0 Å². The summed E-state index contributed by atoms with van der Waals surface area (Å²) in [4.78, 5) is 6.38. The van der Waals surface area contributed by atoms with E-state index in [1.165, 1.54) is 6.20 Å². The first-order chi connectivity index (χ1) is 11.8. The van der Waals surface area contributed by atoms with Gasteiger partial charge in [0.1, 0.15) is 5.82 Å². The van der Waals surface area contributed by atoms with Gasteiger partial charge in [-0.2, -0.15) is 0 Å². The van der Waals surface area contributed by atoms with Crippen molar-refractivity contribution >= 4 is 12.7 Å². The summed E-state index contributed by atoms with van der Waals surface area (Å²) in [6, 6.07) is 0. The van der Waals surface area contributed by atoms with Crippen molar-refractivity contribution in [3.63, 3.8) is 0 Å². The number of nitrogens with zero attached hydrogens (tertiary/aromatic N) is 1. The zero-order valence-corrected chi connectivity index (χ0v) is 10.9. The summed E-state index contributed by atoms with van der Waals surface area (Å²) in [5.74, 6) is -3.79. The van der Waals surface area contributed by atoms with E-state index < -0.39 is 50.1 Å². The maximum absolute atomic E-state index is 8.34. The molecule has 1 unspecified atom stereocenters. The number of rotatable bonds is 3. The maximum atomic E-state index is 8.34. The van der Waals surface area contributed by atoms with Crippen molar-refractivity contribution < 1.29 is 21.6 Å². The van der Waals surface area contributed by atoms with Crippen molar-refractivity contribution in [2.45, 2.75) is 64.9 Å². The standard InChI is InChI=1S/C13H23BN2O2/c1-7-9(2)11-15-8-10(16-11)14-17-12(3,4)13(5,6)18-14/h8-9H,7H2,1-6H3,(H,15,16)/i1D3,2D3,7D2,9D. The van der Waals surface area contributed by atoms with Gasteiger partial charge < -0.3 is 14.3 Å². The van der Waals surface area contributed by atoms with Gasteiger partial charge >= 0.3 is 7.12 Å². The van der Waals surface area contributed by atoms with Gasteiger partial charge in [0.25, 0.3) is 0 Å². The number of hydrogen-bond acceptors (Lipinski definition) is 3. The molecule has 1 atom stereocenters. The molecule has 0 radical (unpaired) electrons. The number of nitrogens with one attached hydrogen (secondary N) is 1. The van der Waals surface area contributed by atoms with Crippen LogP contribution in [0.2, 0.25) is 0 Å². The Morgan fingerprint density at radius 2 is 2.17 bits per heavy atom. The SMILES string of the molecule is [2H]C([2H])([2H])C([2H])([2H])C([2H])(c1ncc(B2OC(C)(C)C(C)(C)O2)[nH]1)C([2H])([2H])[2H]. The minimum atomic E-state index is -3.41. The number of imidazole rings is 1. The van der Waals surface area contributed by atoms with Crippen molar-refractivity contribution in [1.82, 2.24) is 9.97 Å². The highest BCUT2D eigenvalue weighted by Gasteiger charge is 2.52. The highest BCUT2D eigenvalue weighted by atomic mass is 16.7. The minimum absolute atomic E-state index is 0.172. The van der Waals surface area contributed by atoms with Crippen LogP contribution in [0.4, 0.5) is 0 Å². The molecule has 0 aromatic carbocycles. The summed E-state index contributed by atoms with van der Waals surface area (Å²) in [6.07, 6.45) is -2.24. The molecular weight excluding hydrogens is 227 g/mol. The first-order valence-electron chi connectivity index (χ1n) is 10.2. The van der Waals surface area contributed by atoms with Gasteiger partial charge in [-0.15, -0.1) is 0 Å². The molecule has 1 aliphatic heterocycles. The van der Waals surface area contributed by atoms with Crippen LogP contribution < -0.4 is 5.59 Å². The Balaban J connectivity index is 2.51. The lowest BCUT2D eigenvalue weighted by molar-refractivity contribution is 0.00578. The van der Waals surface area contributed by atoms with Crippen LogP contribution in [0, 0.1) is 0 Å². The molecule has 0 bridgehead atoms. The molecule has 1 fully saturated rings. The largest absolute Gasteiger partial charge is 0.513 e. The van der Waals surface area contributed by atoms with E-state index >= 15 is 0 Å². The number of aromatic amines is 1. The lowest BCUT2D eigenvalue weighted by Gasteiger charge is -2.32. The second-order valence-corrected chi connectivity index (χ2v) is 5.28. The zero-order valence-electron chi connectivity index (χ0n) is 19.9. The van der Waals surface area contributed by atoms with Gasteiger partial charge in [-0.3, -0.25) is 0 Å². The highest BCUT2D eigenvalue weighted by molar-refractivity contribution is 6.61. The third kappa shape index (κ3) is 2.21. The van der Waals surface area contributed by atoms with E-state index in [0.29, 0.717) is 0 Å². The van der Waals surface area contributed by atoms with Crippen LogP contribution in [0.5, 0.6) is 0 Å². The Morgan fingerprint density at radius 3 is 2.72 bits per heavy atom. The van der Waals surface area contributed by atoms with Crippen molar-refractivity contribution in [1.29, 1.82) is 0 Å². The number of aromatic nitrogens is 2. The second-order valence-electron chi connectivity index (χ2n) is 5.28. The Morgan fingerprint density at radius 1 is 1.50 bits per heavy atom. The molecule has 1 aromatic heterocycles. The molecule has 2 rings (SSSR count). The molecule has 1 aliphatic rings. The number of hydrogen-bond donors (Lipinski definition) is 1. The molecule has 0 saturated carbocycles. The van der Waals surface area contributed by atoms with Crippen LogP contribution in [0.1, 0.15) is 71.8 Å². The molecule has 1 saturated heterocycles. The minimum Gasteiger partial charge on any atom is -0.398 e. The lowest BCUT2D eigenvalue weighted by atomic mass is 9.86. The fraction of sp³-hybridized carbons (Fsp3) is 0.769.